The van der Waals surface area contributed by atoms with Gasteiger partial charge in [0.25, 0.3) is 0 Å². The molecule has 0 heterocycles. The molecule has 0 amide bonds. The van der Waals surface area contributed by atoms with E-state index in [4.69, 9.17) is 0 Å². The van der Waals surface area contributed by atoms with Crippen molar-refractivity contribution in [2.75, 3.05) is 6.54 Å². The second kappa shape index (κ2) is 8.30. The number of halogens is 3. The Morgan fingerprint density at radius 1 is 0.950 bits per heavy atom. The van der Waals surface area contributed by atoms with E-state index in [1.165, 1.54) is 6.07 Å². The Balaban J connectivity index is 3.14. The summed E-state index contributed by atoms with van der Waals surface area (Å²) in [6, 6.07) is 2.10. The van der Waals surface area contributed by atoms with Crippen LogP contribution in [0.2, 0.25) is 0 Å². The topological polar surface area (TPSA) is 12.0 Å². The molecule has 4 heteroatoms. The quantitative estimate of drug-likeness (QED) is 0.666. The van der Waals surface area contributed by atoms with Crippen LogP contribution in [-0.2, 0) is 0 Å². The van der Waals surface area contributed by atoms with Gasteiger partial charge in [0, 0.05) is 11.6 Å². The average Bonchev–Trinajstić information content (AvgIpc) is 2.43. The molecule has 0 aliphatic rings. The molecule has 0 fully saturated rings. The van der Waals surface area contributed by atoms with Crippen molar-refractivity contribution in [2.24, 2.45) is 5.92 Å². The summed E-state index contributed by atoms with van der Waals surface area (Å²) in [5, 5.41) is 3.23. The number of benzene rings is 1. The highest BCUT2D eigenvalue weighted by Crippen LogP contribution is 2.32. The molecule has 114 valence electrons. The smallest absolute Gasteiger partial charge is 0.194 e. The molecular formula is C16H24F3N. The van der Waals surface area contributed by atoms with Crippen LogP contribution in [0.15, 0.2) is 12.1 Å². The molecule has 0 bridgehead atoms. The fraction of sp³-hybridized carbons (Fsp3) is 0.625. The summed E-state index contributed by atoms with van der Waals surface area (Å²) < 4.78 is 40.5. The average molecular weight is 287 g/mol. The molecule has 0 saturated heterocycles. The third kappa shape index (κ3) is 3.98. The number of nitrogens with one attached hydrogen (secondary N) is 1. The van der Waals surface area contributed by atoms with E-state index in [0.29, 0.717) is 6.54 Å². The van der Waals surface area contributed by atoms with E-state index in [1.54, 1.807) is 0 Å². The summed E-state index contributed by atoms with van der Waals surface area (Å²) in [5.41, 5.74) is 0.234. The van der Waals surface area contributed by atoms with Gasteiger partial charge in [-0.2, -0.15) is 0 Å². The van der Waals surface area contributed by atoms with Gasteiger partial charge < -0.3 is 5.32 Å². The molecule has 0 aliphatic carbocycles. The van der Waals surface area contributed by atoms with Gasteiger partial charge in [-0.3, -0.25) is 0 Å². The van der Waals surface area contributed by atoms with Crippen molar-refractivity contribution >= 4 is 0 Å². The van der Waals surface area contributed by atoms with Crippen molar-refractivity contribution in [2.45, 2.75) is 52.5 Å². The zero-order valence-electron chi connectivity index (χ0n) is 12.5. The van der Waals surface area contributed by atoms with Crippen LogP contribution < -0.4 is 5.32 Å². The van der Waals surface area contributed by atoms with Crippen molar-refractivity contribution in [3.8, 4) is 0 Å². The van der Waals surface area contributed by atoms with E-state index in [1.807, 2.05) is 6.92 Å². The van der Waals surface area contributed by atoms with E-state index >= 15 is 0 Å². The Morgan fingerprint density at radius 3 is 2.05 bits per heavy atom. The summed E-state index contributed by atoms with van der Waals surface area (Å²) in [4.78, 5) is 0. The first-order chi connectivity index (χ1) is 9.56. The highest BCUT2D eigenvalue weighted by Gasteiger charge is 2.26. The lowest BCUT2D eigenvalue weighted by Crippen LogP contribution is -2.29. The van der Waals surface area contributed by atoms with Crippen LogP contribution in [0, 0.1) is 23.4 Å². The normalized spacial score (nSPS) is 12.9. The molecule has 1 nitrogen and oxygen atoms in total. The molecule has 1 aromatic carbocycles. The van der Waals surface area contributed by atoms with Crippen LogP contribution in [0.25, 0.3) is 0 Å². The number of hydrogen-bond acceptors (Lipinski definition) is 1. The van der Waals surface area contributed by atoms with E-state index in [2.05, 4.69) is 19.2 Å². The largest absolute Gasteiger partial charge is 0.310 e. The van der Waals surface area contributed by atoms with Crippen LogP contribution in [-0.4, -0.2) is 6.54 Å². The summed E-state index contributed by atoms with van der Waals surface area (Å²) in [6.07, 6.45) is 3.84. The Hall–Kier alpha value is -1.03. The maximum Gasteiger partial charge on any atom is 0.194 e. The molecule has 1 rings (SSSR count). The minimum absolute atomic E-state index is 0.226. The minimum Gasteiger partial charge on any atom is -0.310 e. The minimum atomic E-state index is -1.38. The summed E-state index contributed by atoms with van der Waals surface area (Å²) in [5.74, 6) is -3.35. The molecule has 1 N–H and O–H groups in total. The monoisotopic (exact) mass is 287 g/mol. The molecule has 1 atom stereocenters. The first-order valence-electron chi connectivity index (χ1n) is 7.43. The van der Waals surface area contributed by atoms with E-state index in [9.17, 15) is 13.2 Å². The molecule has 0 aliphatic heterocycles. The van der Waals surface area contributed by atoms with Crippen molar-refractivity contribution in [3.63, 3.8) is 0 Å². The van der Waals surface area contributed by atoms with Gasteiger partial charge in [-0.25, -0.2) is 13.2 Å². The van der Waals surface area contributed by atoms with Gasteiger partial charge in [-0.05, 0) is 31.4 Å². The highest BCUT2D eigenvalue weighted by atomic mass is 19.2. The molecule has 20 heavy (non-hydrogen) atoms. The Kier molecular flexibility index (Phi) is 7.06. The number of hydrogen-bond donors (Lipinski definition) is 1. The van der Waals surface area contributed by atoms with Crippen LogP contribution in [0.3, 0.4) is 0 Å². The number of rotatable bonds is 8. The second-order valence-electron chi connectivity index (χ2n) is 5.14. The molecule has 0 saturated carbocycles. The van der Waals surface area contributed by atoms with Gasteiger partial charge in [-0.1, -0.05) is 39.7 Å². The lowest BCUT2D eigenvalue weighted by atomic mass is 9.85. The van der Waals surface area contributed by atoms with Gasteiger partial charge in [0.1, 0.15) is 0 Å². The fourth-order valence-electron chi connectivity index (χ4n) is 2.75. The predicted octanol–water partition coefficient (Wildman–Crippen LogP) is 4.97. The first kappa shape index (κ1) is 17.0. The maximum absolute atomic E-state index is 14.0. The van der Waals surface area contributed by atoms with Gasteiger partial charge in [0.2, 0.25) is 0 Å². The Labute approximate surface area is 119 Å². The highest BCUT2D eigenvalue weighted by molar-refractivity contribution is 5.24. The van der Waals surface area contributed by atoms with E-state index in [-0.39, 0.29) is 17.5 Å². The molecule has 0 spiro atoms. The summed E-state index contributed by atoms with van der Waals surface area (Å²) in [6.45, 7) is 6.74. The van der Waals surface area contributed by atoms with Crippen LogP contribution in [0.4, 0.5) is 13.2 Å². The van der Waals surface area contributed by atoms with Crippen molar-refractivity contribution < 1.29 is 13.2 Å². The first-order valence-corrected chi connectivity index (χ1v) is 7.43. The van der Waals surface area contributed by atoms with Gasteiger partial charge >= 0.3 is 0 Å². The second-order valence-corrected chi connectivity index (χ2v) is 5.14. The van der Waals surface area contributed by atoms with Crippen molar-refractivity contribution in [3.05, 3.63) is 35.1 Å². The van der Waals surface area contributed by atoms with E-state index < -0.39 is 17.5 Å². The van der Waals surface area contributed by atoms with Crippen molar-refractivity contribution in [1.82, 2.24) is 5.32 Å². The lowest BCUT2D eigenvalue weighted by Gasteiger charge is -2.28. The fourth-order valence-corrected chi connectivity index (χ4v) is 2.75. The van der Waals surface area contributed by atoms with E-state index in [0.717, 1.165) is 31.7 Å². The Morgan fingerprint density at radius 2 is 1.55 bits per heavy atom. The van der Waals surface area contributed by atoms with Gasteiger partial charge in [-0.15, -0.1) is 0 Å². The molecule has 1 unspecified atom stereocenters. The lowest BCUT2D eigenvalue weighted by molar-refractivity contribution is 0.308. The SMILES string of the molecule is CCCC(CCC)C(NCC)c1ccc(F)c(F)c1F. The zero-order valence-corrected chi connectivity index (χ0v) is 12.5. The standard InChI is InChI=1S/C16H24F3N/c1-4-7-11(8-5-2)16(20-6-3)12-9-10-13(17)15(19)14(12)18/h9-11,16,20H,4-8H2,1-3H3. The van der Waals surface area contributed by atoms with Gasteiger partial charge in [0.05, 0.1) is 0 Å². The van der Waals surface area contributed by atoms with Crippen LogP contribution in [0.5, 0.6) is 0 Å². The zero-order chi connectivity index (χ0) is 15.1. The molecule has 1 aromatic rings. The maximum atomic E-state index is 14.0. The van der Waals surface area contributed by atoms with Crippen LogP contribution >= 0.6 is 0 Å². The van der Waals surface area contributed by atoms with Gasteiger partial charge in [0.15, 0.2) is 17.5 Å². The van der Waals surface area contributed by atoms with Crippen LogP contribution in [0.1, 0.15) is 58.1 Å². The third-order valence-electron chi connectivity index (χ3n) is 3.61. The summed E-state index contributed by atoms with van der Waals surface area (Å²) in [7, 11) is 0. The molecule has 0 radical (unpaired) electrons. The third-order valence-corrected chi connectivity index (χ3v) is 3.61. The van der Waals surface area contributed by atoms with Crippen molar-refractivity contribution in [1.29, 1.82) is 0 Å². The predicted molar refractivity (Wildman–Crippen MR) is 76.0 cm³/mol. The summed E-state index contributed by atoms with van der Waals surface area (Å²) >= 11 is 0. The molecular weight excluding hydrogens is 263 g/mol. The Bertz CT molecular complexity index is 414. The molecule has 0 aromatic heterocycles.